The molecule has 0 saturated carbocycles. The lowest BCUT2D eigenvalue weighted by Gasteiger charge is -2.27. The van der Waals surface area contributed by atoms with Crippen LogP contribution in [-0.2, 0) is 13.0 Å². The van der Waals surface area contributed by atoms with E-state index in [1.54, 1.807) is 25.1 Å². The summed E-state index contributed by atoms with van der Waals surface area (Å²) >= 11 is 11.9. The maximum Gasteiger partial charge on any atom is 0.462 e. The second-order valence-electron chi connectivity index (χ2n) is 6.99. The minimum absolute atomic E-state index is 0.0504. The summed E-state index contributed by atoms with van der Waals surface area (Å²) in [7, 11) is 0. The molecule has 4 nitrogen and oxygen atoms in total. The molecular weight excluding hydrogens is 528 g/mol. The third-order valence-electron chi connectivity index (χ3n) is 4.35. The number of hydrogen-bond acceptors (Lipinski definition) is 4. The molecule has 35 heavy (non-hydrogen) atoms. The summed E-state index contributed by atoms with van der Waals surface area (Å²) in [6, 6.07) is 1.89. The predicted molar refractivity (Wildman–Crippen MR) is 119 cm³/mol. The SMILES string of the molecule is C=CCc1cc(/C=N/NC(F)(F)C(F)(F)C(F)(F)F)cc(OCC)c1OCc1ccc(Cl)c(Cl)c1. The summed E-state index contributed by atoms with van der Waals surface area (Å²) in [5.41, 5.74) is 1.77. The zero-order valence-electron chi connectivity index (χ0n) is 18.0. The molecule has 0 aliphatic heterocycles. The van der Waals surface area contributed by atoms with Gasteiger partial charge in [0, 0.05) is 5.56 Å². The molecule has 0 heterocycles. The molecule has 0 fully saturated rings. The highest BCUT2D eigenvalue weighted by atomic mass is 35.5. The molecule has 0 amide bonds. The third-order valence-corrected chi connectivity index (χ3v) is 5.09. The molecule has 13 heteroatoms. The highest BCUT2D eigenvalue weighted by molar-refractivity contribution is 6.42. The fraction of sp³-hybridized carbons (Fsp3) is 0.318. The van der Waals surface area contributed by atoms with Crippen molar-refractivity contribution >= 4 is 29.4 Å². The average molecular weight is 547 g/mol. The molecule has 2 aromatic carbocycles. The van der Waals surface area contributed by atoms with Crippen LogP contribution in [0.1, 0.15) is 23.6 Å². The van der Waals surface area contributed by atoms with Gasteiger partial charge in [0.05, 0.1) is 22.9 Å². The van der Waals surface area contributed by atoms with Crippen molar-refractivity contribution in [3.8, 4) is 11.5 Å². The Balaban J connectivity index is 2.33. The van der Waals surface area contributed by atoms with Gasteiger partial charge in [-0.25, -0.2) is 5.43 Å². The topological polar surface area (TPSA) is 42.9 Å². The van der Waals surface area contributed by atoms with Crippen molar-refractivity contribution in [2.75, 3.05) is 6.61 Å². The summed E-state index contributed by atoms with van der Waals surface area (Å²) in [5, 5.41) is 3.55. The van der Waals surface area contributed by atoms with Crippen molar-refractivity contribution < 1.29 is 40.2 Å². The zero-order chi connectivity index (χ0) is 26.4. The van der Waals surface area contributed by atoms with Gasteiger partial charge in [-0.05, 0) is 48.7 Å². The number of allylic oxidation sites excluding steroid dienone is 1. The highest BCUT2D eigenvalue weighted by Crippen LogP contribution is 2.45. The second-order valence-corrected chi connectivity index (χ2v) is 7.80. The first-order chi connectivity index (χ1) is 16.2. The molecule has 0 radical (unpaired) electrons. The standard InChI is InChI=1S/C22H19Cl2F7N2O2/c1-3-5-15-8-14(11-32-33-22(30,31)20(25,26)21(27,28)29)10-18(34-4-2)19(15)35-12-13-6-7-16(23)17(24)9-13/h3,6-11,33H,1,4-5,12H2,2H3/b32-11+. The first kappa shape index (κ1) is 28.6. The lowest BCUT2D eigenvalue weighted by molar-refractivity contribution is -0.361. The summed E-state index contributed by atoms with van der Waals surface area (Å²) in [4.78, 5) is 0. The number of hydrazone groups is 1. The number of nitrogens with zero attached hydrogens (tertiary/aromatic N) is 1. The van der Waals surface area contributed by atoms with Crippen LogP contribution in [-0.4, -0.2) is 31.0 Å². The Morgan fingerprint density at radius 1 is 1.00 bits per heavy atom. The lowest BCUT2D eigenvalue weighted by atomic mass is 10.1. The molecule has 192 valence electrons. The van der Waals surface area contributed by atoms with Crippen LogP contribution >= 0.6 is 23.2 Å². The van der Waals surface area contributed by atoms with Gasteiger partial charge in [0.25, 0.3) is 0 Å². The molecule has 0 unspecified atom stereocenters. The molecule has 0 atom stereocenters. The highest BCUT2D eigenvalue weighted by Gasteiger charge is 2.73. The first-order valence-corrected chi connectivity index (χ1v) is 10.6. The number of ether oxygens (including phenoxy) is 2. The smallest absolute Gasteiger partial charge is 0.462 e. The molecule has 0 aliphatic rings. The van der Waals surface area contributed by atoms with Gasteiger partial charge in [0.1, 0.15) is 6.61 Å². The minimum atomic E-state index is -6.48. The van der Waals surface area contributed by atoms with Crippen molar-refractivity contribution in [3.63, 3.8) is 0 Å². The van der Waals surface area contributed by atoms with Crippen LogP contribution in [0.4, 0.5) is 30.7 Å². The van der Waals surface area contributed by atoms with Gasteiger partial charge in [-0.1, -0.05) is 35.3 Å². The summed E-state index contributed by atoms with van der Waals surface area (Å²) in [6.45, 7) is 5.51. The minimum Gasteiger partial charge on any atom is -0.490 e. The number of halogens is 9. The lowest BCUT2D eigenvalue weighted by Crippen LogP contribution is -2.58. The number of benzene rings is 2. The van der Waals surface area contributed by atoms with Crippen LogP contribution in [0, 0.1) is 0 Å². The Labute approximate surface area is 206 Å². The van der Waals surface area contributed by atoms with Crippen LogP contribution < -0.4 is 14.9 Å². The van der Waals surface area contributed by atoms with Crippen LogP contribution in [0.5, 0.6) is 11.5 Å². The van der Waals surface area contributed by atoms with E-state index in [9.17, 15) is 30.7 Å². The van der Waals surface area contributed by atoms with Gasteiger partial charge < -0.3 is 9.47 Å². The number of alkyl halides is 7. The normalized spacial score (nSPS) is 12.6. The molecule has 0 spiro atoms. The summed E-state index contributed by atoms with van der Waals surface area (Å²) < 4.78 is 101. The van der Waals surface area contributed by atoms with E-state index in [1.807, 2.05) is 0 Å². The number of hydrogen-bond donors (Lipinski definition) is 1. The molecule has 2 aromatic rings. The first-order valence-electron chi connectivity index (χ1n) is 9.83. The monoisotopic (exact) mass is 546 g/mol. The number of nitrogens with one attached hydrogen (secondary N) is 1. The predicted octanol–water partition coefficient (Wildman–Crippen LogP) is 7.41. The Morgan fingerprint density at radius 3 is 2.26 bits per heavy atom. The molecular formula is C22H19Cl2F7N2O2. The van der Waals surface area contributed by atoms with Gasteiger partial charge in [-0.2, -0.15) is 35.8 Å². The van der Waals surface area contributed by atoms with Gasteiger partial charge >= 0.3 is 18.1 Å². The Morgan fingerprint density at radius 2 is 1.69 bits per heavy atom. The molecule has 0 bridgehead atoms. The Hall–Kier alpha value is -2.66. The van der Waals surface area contributed by atoms with Crippen molar-refractivity contribution in [2.24, 2.45) is 5.10 Å². The van der Waals surface area contributed by atoms with E-state index in [2.05, 4.69) is 11.7 Å². The summed E-state index contributed by atoms with van der Waals surface area (Å²) in [6.07, 6.45) is -4.10. The maximum atomic E-state index is 13.4. The second kappa shape index (κ2) is 11.4. The van der Waals surface area contributed by atoms with Gasteiger partial charge in [0.2, 0.25) is 0 Å². The van der Waals surface area contributed by atoms with Crippen LogP contribution in [0.25, 0.3) is 0 Å². The van der Waals surface area contributed by atoms with E-state index in [-0.39, 0.29) is 36.7 Å². The Bertz CT molecular complexity index is 1080. The zero-order valence-corrected chi connectivity index (χ0v) is 19.5. The van der Waals surface area contributed by atoms with Crippen molar-refractivity contribution in [2.45, 2.75) is 38.1 Å². The van der Waals surface area contributed by atoms with Crippen LogP contribution in [0.3, 0.4) is 0 Å². The maximum absolute atomic E-state index is 13.4. The van der Waals surface area contributed by atoms with Gasteiger partial charge in [-0.3, -0.25) is 0 Å². The molecule has 0 saturated heterocycles. The quantitative estimate of drug-likeness (QED) is 0.105. The van der Waals surface area contributed by atoms with Gasteiger partial charge in [-0.15, -0.1) is 6.58 Å². The van der Waals surface area contributed by atoms with Gasteiger partial charge in [0.15, 0.2) is 11.5 Å². The van der Waals surface area contributed by atoms with Crippen LogP contribution in [0.2, 0.25) is 10.0 Å². The van der Waals surface area contributed by atoms with Crippen molar-refractivity contribution in [3.05, 3.63) is 69.7 Å². The Kier molecular flexibility index (Phi) is 9.29. The molecule has 2 rings (SSSR count). The van der Waals surface area contributed by atoms with E-state index >= 15 is 0 Å². The van der Waals surface area contributed by atoms with Crippen molar-refractivity contribution in [1.29, 1.82) is 0 Å². The number of rotatable bonds is 11. The fourth-order valence-electron chi connectivity index (χ4n) is 2.71. The van der Waals surface area contributed by atoms with E-state index in [0.717, 1.165) is 0 Å². The van der Waals surface area contributed by atoms with E-state index in [0.29, 0.717) is 32.8 Å². The largest absolute Gasteiger partial charge is 0.490 e. The molecule has 0 aromatic heterocycles. The van der Waals surface area contributed by atoms with E-state index < -0.39 is 18.1 Å². The van der Waals surface area contributed by atoms with Crippen LogP contribution in [0.15, 0.2) is 48.1 Å². The summed E-state index contributed by atoms with van der Waals surface area (Å²) in [5.74, 6) is -5.91. The fourth-order valence-corrected chi connectivity index (χ4v) is 3.03. The van der Waals surface area contributed by atoms with Crippen molar-refractivity contribution in [1.82, 2.24) is 5.43 Å². The molecule has 0 aliphatic carbocycles. The molecule has 1 N–H and O–H groups in total. The third kappa shape index (κ3) is 6.94. The average Bonchev–Trinajstić information content (AvgIpc) is 2.75. The van der Waals surface area contributed by atoms with E-state index in [1.165, 1.54) is 18.2 Å². The van der Waals surface area contributed by atoms with E-state index in [4.69, 9.17) is 32.7 Å².